The lowest BCUT2D eigenvalue weighted by Gasteiger charge is -2.01. The molecule has 0 aliphatic carbocycles. The molecule has 0 unspecified atom stereocenters. The molecule has 5 aromatic rings. The van der Waals surface area contributed by atoms with Crippen LogP contribution in [0.1, 0.15) is 5.69 Å². The molecule has 8 nitrogen and oxygen atoms in total. The molecule has 30 heavy (non-hydrogen) atoms. The molecule has 0 fully saturated rings. The van der Waals surface area contributed by atoms with Crippen LogP contribution in [0, 0.1) is 11.6 Å². The fourth-order valence-corrected chi connectivity index (χ4v) is 3.06. The minimum absolute atomic E-state index is 0.105. The van der Waals surface area contributed by atoms with Crippen molar-refractivity contribution < 1.29 is 8.78 Å². The SMILES string of the molecule is O=c1c2cc(-c3ccc(F)cc3)nn2cnn1Cc1cn(-c2ccc(F)cc2)nn1. The van der Waals surface area contributed by atoms with Gasteiger partial charge in [0.1, 0.15) is 29.2 Å². The number of halogens is 2. The van der Waals surface area contributed by atoms with Crippen LogP contribution in [0.4, 0.5) is 8.78 Å². The van der Waals surface area contributed by atoms with Gasteiger partial charge >= 0.3 is 0 Å². The van der Waals surface area contributed by atoms with Crippen molar-refractivity contribution in [2.75, 3.05) is 0 Å². The molecular formula is C20H13F2N7O. The normalized spacial score (nSPS) is 11.3. The highest BCUT2D eigenvalue weighted by Crippen LogP contribution is 2.18. The third kappa shape index (κ3) is 3.24. The summed E-state index contributed by atoms with van der Waals surface area (Å²) >= 11 is 0. The molecule has 0 radical (unpaired) electrons. The van der Waals surface area contributed by atoms with Crippen LogP contribution in [0.15, 0.2) is 71.9 Å². The number of rotatable bonds is 4. The van der Waals surface area contributed by atoms with E-state index in [2.05, 4.69) is 20.5 Å². The average Bonchev–Trinajstić information content (AvgIpc) is 3.39. The van der Waals surface area contributed by atoms with Gasteiger partial charge in [-0.1, -0.05) is 5.21 Å². The Morgan fingerprint density at radius 1 is 0.933 bits per heavy atom. The third-order valence-electron chi connectivity index (χ3n) is 4.57. The molecular weight excluding hydrogens is 392 g/mol. The van der Waals surface area contributed by atoms with Crippen LogP contribution in [-0.2, 0) is 6.54 Å². The third-order valence-corrected chi connectivity index (χ3v) is 4.57. The Labute approximate surface area is 167 Å². The molecule has 10 heteroatoms. The van der Waals surface area contributed by atoms with Gasteiger partial charge in [-0.2, -0.15) is 10.2 Å². The fraction of sp³-hybridized carbons (Fsp3) is 0.0500. The molecule has 0 amide bonds. The molecule has 5 rings (SSSR count). The van der Waals surface area contributed by atoms with E-state index in [1.165, 1.54) is 44.5 Å². The molecule has 3 aromatic heterocycles. The molecule has 0 atom stereocenters. The van der Waals surface area contributed by atoms with Gasteiger partial charge in [0.2, 0.25) is 0 Å². The molecule has 0 saturated heterocycles. The quantitative estimate of drug-likeness (QED) is 0.459. The lowest BCUT2D eigenvalue weighted by Crippen LogP contribution is -2.25. The van der Waals surface area contributed by atoms with Crippen molar-refractivity contribution in [2.24, 2.45) is 0 Å². The van der Waals surface area contributed by atoms with Crippen LogP contribution < -0.4 is 5.56 Å². The van der Waals surface area contributed by atoms with Crippen molar-refractivity contribution in [3.8, 4) is 16.9 Å². The Morgan fingerprint density at radius 3 is 2.37 bits per heavy atom. The zero-order chi connectivity index (χ0) is 20.7. The Hall–Kier alpha value is -4.21. The zero-order valence-corrected chi connectivity index (χ0v) is 15.4. The van der Waals surface area contributed by atoms with Crippen molar-refractivity contribution >= 4 is 5.52 Å². The predicted molar refractivity (Wildman–Crippen MR) is 103 cm³/mol. The summed E-state index contributed by atoms with van der Waals surface area (Å²) < 4.78 is 30.3. The number of nitrogens with zero attached hydrogens (tertiary/aromatic N) is 7. The number of hydrogen-bond acceptors (Lipinski definition) is 5. The van der Waals surface area contributed by atoms with Gasteiger partial charge < -0.3 is 0 Å². The summed E-state index contributed by atoms with van der Waals surface area (Å²) in [6, 6.07) is 13.3. The number of fused-ring (bicyclic) bond motifs is 1. The predicted octanol–water partition coefficient (Wildman–Crippen LogP) is 2.47. The molecule has 0 aliphatic heterocycles. The minimum atomic E-state index is -0.352. The first kappa shape index (κ1) is 17.9. The van der Waals surface area contributed by atoms with Crippen LogP contribution in [-0.4, -0.2) is 34.4 Å². The van der Waals surface area contributed by atoms with Crippen LogP contribution in [0.2, 0.25) is 0 Å². The molecule has 3 heterocycles. The van der Waals surface area contributed by atoms with E-state index >= 15 is 0 Å². The number of aromatic nitrogens is 7. The standard InChI is InChI=1S/C20H13F2N7O/c21-14-3-1-13(2-4-14)18-9-19-20(30)28(23-12-29(19)25-18)11-16-10-27(26-24-16)17-7-5-15(22)6-8-17/h1-10,12H,11H2. The Morgan fingerprint density at radius 2 is 1.63 bits per heavy atom. The second kappa shape index (κ2) is 6.99. The van der Waals surface area contributed by atoms with Gasteiger partial charge in [-0.05, 0) is 54.6 Å². The second-order valence-corrected chi connectivity index (χ2v) is 6.59. The summed E-state index contributed by atoms with van der Waals surface area (Å²) in [5.74, 6) is -0.691. The molecule has 0 aliphatic rings. The fourth-order valence-electron chi connectivity index (χ4n) is 3.06. The molecule has 0 N–H and O–H groups in total. The summed E-state index contributed by atoms with van der Waals surface area (Å²) in [5.41, 5.74) is 2.36. The van der Waals surface area contributed by atoms with Crippen molar-refractivity contribution in [2.45, 2.75) is 6.54 Å². The van der Waals surface area contributed by atoms with Crippen LogP contribution >= 0.6 is 0 Å². The van der Waals surface area contributed by atoms with Gasteiger partial charge in [0.15, 0.2) is 0 Å². The van der Waals surface area contributed by atoms with Crippen molar-refractivity contribution in [3.63, 3.8) is 0 Å². The molecule has 2 aromatic carbocycles. The molecule has 0 bridgehead atoms. The minimum Gasteiger partial charge on any atom is -0.265 e. The topological polar surface area (TPSA) is 82.9 Å². The molecule has 148 valence electrons. The monoisotopic (exact) mass is 405 g/mol. The first-order chi connectivity index (χ1) is 14.6. The lowest BCUT2D eigenvalue weighted by atomic mass is 10.1. The van der Waals surface area contributed by atoms with Crippen molar-refractivity contribution in [3.05, 3.63) is 94.8 Å². The van der Waals surface area contributed by atoms with E-state index in [0.29, 0.717) is 28.2 Å². The Balaban J connectivity index is 1.45. The number of benzene rings is 2. The maximum atomic E-state index is 13.1. The first-order valence-corrected chi connectivity index (χ1v) is 8.95. The van der Waals surface area contributed by atoms with E-state index in [4.69, 9.17) is 0 Å². The molecule has 0 spiro atoms. The van der Waals surface area contributed by atoms with E-state index in [0.717, 1.165) is 0 Å². The zero-order valence-electron chi connectivity index (χ0n) is 15.4. The van der Waals surface area contributed by atoms with E-state index in [9.17, 15) is 13.6 Å². The van der Waals surface area contributed by atoms with Gasteiger partial charge in [0.25, 0.3) is 5.56 Å². The van der Waals surface area contributed by atoms with Crippen LogP contribution in [0.5, 0.6) is 0 Å². The highest BCUT2D eigenvalue weighted by molar-refractivity contribution is 5.65. The van der Waals surface area contributed by atoms with E-state index in [-0.39, 0.29) is 23.7 Å². The lowest BCUT2D eigenvalue weighted by molar-refractivity contribution is 0.609. The average molecular weight is 405 g/mol. The molecule has 0 saturated carbocycles. The van der Waals surface area contributed by atoms with Crippen LogP contribution in [0.3, 0.4) is 0 Å². The Kier molecular flexibility index (Phi) is 4.16. The van der Waals surface area contributed by atoms with E-state index in [1.807, 2.05) is 0 Å². The smallest absolute Gasteiger partial charge is 0.265 e. The van der Waals surface area contributed by atoms with Gasteiger partial charge in [0, 0.05) is 5.56 Å². The van der Waals surface area contributed by atoms with Crippen molar-refractivity contribution in [1.82, 2.24) is 34.4 Å². The van der Waals surface area contributed by atoms with Gasteiger partial charge in [-0.15, -0.1) is 5.10 Å². The van der Waals surface area contributed by atoms with Gasteiger partial charge in [0.05, 0.1) is 24.1 Å². The summed E-state index contributed by atoms with van der Waals surface area (Å²) in [5, 5.41) is 16.5. The summed E-state index contributed by atoms with van der Waals surface area (Å²) in [6.07, 6.45) is 3.07. The van der Waals surface area contributed by atoms with E-state index < -0.39 is 0 Å². The van der Waals surface area contributed by atoms with Crippen LogP contribution in [0.25, 0.3) is 22.5 Å². The summed E-state index contributed by atoms with van der Waals surface area (Å²) in [7, 11) is 0. The summed E-state index contributed by atoms with van der Waals surface area (Å²) in [6.45, 7) is 0.105. The first-order valence-electron chi connectivity index (χ1n) is 8.95. The number of hydrogen-bond donors (Lipinski definition) is 0. The van der Waals surface area contributed by atoms with Crippen molar-refractivity contribution in [1.29, 1.82) is 0 Å². The van der Waals surface area contributed by atoms with Gasteiger partial charge in [-0.3, -0.25) is 4.79 Å². The maximum absolute atomic E-state index is 13.1. The largest absolute Gasteiger partial charge is 0.293 e. The van der Waals surface area contributed by atoms with Gasteiger partial charge in [-0.25, -0.2) is 22.7 Å². The van der Waals surface area contributed by atoms with E-state index in [1.54, 1.807) is 36.5 Å². The Bertz CT molecular complexity index is 1400. The highest BCUT2D eigenvalue weighted by atomic mass is 19.1. The highest BCUT2D eigenvalue weighted by Gasteiger charge is 2.12. The second-order valence-electron chi connectivity index (χ2n) is 6.59. The maximum Gasteiger partial charge on any atom is 0.293 e. The summed E-state index contributed by atoms with van der Waals surface area (Å²) in [4.78, 5) is 12.8.